The monoisotopic (exact) mass is 453 g/mol. The van der Waals surface area contributed by atoms with Crippen LogP contribution in [0.15, 0.2) is 48.6 Å². The molecule has 3 fully saturated rings. The summed E-state index contributed by atoms with van der Waals surface area (Å²) in [6, 6.07) is 10.2. The molecule has 1 aromatic carbocycles. The van der Waals surface area contributed by atoms with Crippen molar-refractivity contribution in [2.45, 2.75) is 56.7 Å². The second kappa shape index (κ2) is 9.61. The summed E-state index contributed by atoms with van der Waals surface area (Å²) in [6.07, 6.45) is 9.40. The SMILES string of the molecule is COCCOC1(C(C)(C)NC(=O)N[C@@]2(C)CN3CCC2CC3)C=CC(c2ccccc2)=CC1. The maximum absolute atomic E-state index is 13.2. The largest absolute Gasteiger partial charge is 0.382 e. The van der Waals surface area contributed by atoms with Gasteiger partial charge in [-0.25, -0.2) is 4.79 Å². The van der Waals surface area contributed by atoms with Gasteiger partial charge in [-0.1, -0.05) is 42.5 Å². The highest BCUT2D eigenvalue weighted by Crippen LogP contribution is 2.38. The predicted molar refractivity (Wildman–Crippen MR) is 132 cm³/mol. The van der Waals surface area contributed by atoms with E-state index < -0.39 is 11.1 Å². The van der Waals surface area contributed by atoms with E-state index in [-0.39, 0.29) is 11.6 Å². The summed E-state index contributed by atoms with van der Waals surface area (Å²) >= 11 is 0. The number of urea groups is 1. The molecule has 1 aromatic rings. The van der Waals surface area contributed by atoms with Gasteiger partial charge in [0.15, 0.2) is 0 Å². The number of carbonyl (C=O) groups is 1. The smallest absolute Gasteiger partial charge is 0.315 e. The summed E-state index contributed by atoms with van der Waals surface area (Å²) in [4.78, 5) is 15.7. The van der Waals surface area contributed by atoms with Crippen LogP contribution in [0.3, 0.4) is 0 Å². The Morgan fingerprint density at radius 1 is 1.18 bits per heavy atom. The topological polar surface area (TPSA) is 62.8 Å². The quantitative estimate of drug-likeness (QED) is 0.584. The minimum absolute atomic E-state index is 0.128. The first-order chi connectivity index (χ1) is 15.8. The molecule has 1 aliphatic carbocycles. The van der Waals surface area contributed by atoms with E-state index in [1.165, 1.54) is 11.1 Å². The molecule has 2 amide bonds. The lowest BCUT2D eigenvalue weighted by atomic mass is 9.74. The molecule has 0 radical (unpaired) electrons. The normalized spacial score (nSPS) is 31.2. The van der Waals surface area contributed by atoms with Crippen molar-refractivity contribution in [3.63, 3.8) is 0 Å². The van der Waals surface area contributed by atoms with E-state index in [1.807, 2.05) is 32.0 Å². The number of methoxy groups -OCH3 is 1. The summed E-state index contributed by atoms with van der Waals surface area (Å²) in [5.74, 6) is 0.536. The second-order valence-corrected chi connectivity index (χ2v) is 10.5. The molecule has 3 aliphatic heterocycles. The van der Waals surface area contributed by atoms with Gasteiger partial charge in [-0.05, 0) is 69.8 Å². The number of allylic oxidation sites excluding steroid dienone is 2. The van der Waals surface area contributed by atoms with Crippen LogP contribution in [0.1, 0.15) is 45.6 Å². The van der Waals surface area contributed by atoms with Gasteiger partial charge in [0.2, 0.25) is 0 Å². The van der Waals surface area contributed by atoms with Crippen molar-refractivity contribution < 1.29 is 14.3 Å². The van der Waals surface area contributed by atoms with Gasteiger partial charge in [0.25, 0.3) is 0 Å². The molecule has 3 saturated heterocycles. The Bertz CT molecular complexity index is 889. The molecule has 6 heteroatoms. The van der Waals surface area contributed by atoms with Gasteiger partial charge >= 0.3 is 6.03 Å². The number of nitrogens with zero attached hydrogens (tertiary/aromatic N) is 1. The van der Waals surface area contributed by atoms with Crippen LogP contribution in [-0.2, 0) is 9.47 Å². The fourth-order valence-corrected chi connectivity index (χ4v) is 5.67. The molecule has 2 atom stereocenters. The van der Waals surface area contributed by atoms with Crippen LogP contribution >= 0.6 is 0 Å². The fourth-order valence-electron chi connectivity index (χ4n) is 5.67. The van der Waals surface area contributed by atoms with Crippen LogP contribution in [0, 0.1) is 5.92 Å². The summed E-state index contributed by atoms with van der Waals surface area (Å²) in [7, 11) is 1.67. The summed E-state index contributed by atoms with van der Waals surface area (Å²) in [5.41, 5.74) is 0.852. The number of fused-ring (bicyclic) bond motifs is 3. The number of nitrogens with one attached hydrogen (secondary N) is 2. The van der Waals surface area contributed by atoms with E-state index >= 15 is 0 Å². The van der Waals surface area contributed by atoms with E-state index in [0.717, 1.165) is 32.5 Å². The van der Waals surface area contributed by atoms with Crippen molar-refractivity contribution in [3.8, 4) is 0 Å². The van der Waals surface area contributed by atoms with Gasteiger partial charge in [-0.3, -0.25) is 0 Å². The van der Waals surface area contributed by atoms with Crippen LogP contribution in [0.5, 0.6) is 0 Å². The zero-order valence-corrected chi connectivity index (χ0v) is 20.5. The Balaban J connectivity index is 1.48. The third-order valence-corrected chi connectivity index (χ3v) is 7.84. The third kappa shape index (κ3) is 5.03. The number of amides is 2. The molecule has 6 nitrogen and oxygen atoms in total. The first kappa shape index (κ1) is 24.0. The van der Waals surface area contributed by atoms with Gasteiger partial charge in [-0.15, -0.1) is 0 Å². The van der Waals surface area contributed by atoms with Gasteiger partial charge in [-0.2, -0.15) is 0 Å². The minimum atomic E-state index is -0.670. The Morgan fingerprint density at radius 2 is 1.91 bits per heavy atom. The van der Waals surface area contributed by atoms with E-state index in [0.29, 0.717) is 25.6 Å². The maximum atomic E-state index is 13.2. The van der Waals surface area contributed by atoms with Crippen LogP contribution in [0.4, 0.5) is 4.79 Å². The summed E-state index contributed by atoms with van der Waals surface area (Å²) in [5, 5.41) is 6.59. The molecule has 180 valence electrons. The molecule has 5 rings (SSSR count). The maximum Gasteiger partial charge on any atom is 0.315 e. The molecule has 3 heterocycles. The molecule has 0 aromatic heterocycles. The Hall–Kier alpha value is -2.15. The van der Waals surface area contributed by atoms with Crippen molar-refractivity contribution in [1.82, 2.24) is 15.5 Å². The van der Waals surface area contributed by atoms with Gasteiger partial charge in [0.05, 0.1) is 24.3 Å². The Labute approximate surface area is 198 Å². The fraction of sp³-hybridized carbons (Fsp3) is 0.593. The van der Waals surface area contributed by atoms with Crippen LogP contribution in [-0.4, -0.2) is 67.6 Å². The van der Waals surface area contributed by atoms with E-state index in [4.69, 9.17) is 9.47 Å². The third-order valence-electron chi connectivity index (χ3n) is 7.84. The zero-order valence-electron chi connectivity index (χ0n) is 20.5. The Kier molecular flexibility index (Phi) is 6.99. The lowest BCUT2D eigenvalue weighted by Gasteiger charge is -2.52. The number of rotatable bonds is 8. The first-order valence-corrected chi connectivity index (χ1v) is 12.2. The highest BCUT2D eigenvalue weighted by molar-refractivity contribution is 5.77. The van der Waals surface area contributed by atoms with Crippen LogP contribution in [0.2, 0.25) is 0 Å². The predicted octanol–water partition coefficient (Wildman–Crippen LogP) is 3.99. The zero-order chi connectivity index (χ0) is 23.5. The number of benzene rings is 1. The molecular weight excluding hydrogens is 414 g/mol. The first-order valence-electron chi connectivity index (χ1n) is 12.2. The van der Waals surface area contributed by atoms with Crippen molar-refractivity contribution in [2.75, 3.05) is 40.0 Å². The number of piperidine rings is 3. The van der Waals surface area contributed by atoms with Crippen molar-refractivity contribution in [1.29, 1.82) is 0 Å². The lowest BCUT2D eigenvalue weighted by molar-refractivity contribution is -0.0747. The minimum Gasteiger partial charge on any atom is -0.382 e. The van der Waals surface area contributed by atoms with Gasteiger partial charge in [0.1, 0.15) is 5.60 Å². The van der Waals surface area contributed by atoms with Gasteiger partial charge < -0.3 is 25.0 Å². The average molecular weight is 454 g/mol. The van der Waals surface area contributed by atoms with Crippen molar-refractivity contribution >= 4 is 11.6 Å². The molecule has 0 spiro atoms. The highest BCUT2D eigenvalue weighted by Gasteiger charge is 2.48. The van der Waals surface area contributed by atoms with Crippen LogP contribution < -0.4 is 10.6 Å². The van der Waals surface area contributed by atoms with Gasteiger partial charge in [0, 0.05) is 20.1 Å². The summed E-state index contributed by atoms with van der Waals surface area (Å²) in [6.45, 7) is 10.5. The van der Waals surface area contributed by atoms with Crippen molar-refractivity contribution in [3.05, 3.63) is 54.1 Å². The van der Waals surface area contributed by atoms with Crippen molar-refractivity contribution in [2.24, 2.45) is 5.92 Å². The van der Waals surface area contributed by atoms with E-state index in [2.05, 4.69) is 52.8 Å². The van der Waals surface area contributed by atoms with Crippen LogP contribution in [0.25, 0.3) is 5.57 Å². The molecule has 33 heavy (non-hydrogen) atoms. The molecule has 1 unspecified atom stereocenters. The number of hydrogen-bond donors (Lipinski definition) is 2. The molecule has 4 aliphatic rings. The molecule has 2 N–H and O–H groups in total. The number of carbonyl (C=O) groups excluding carboxylic acids is 1. The van der Waals surface area contributed by atoms with E-state index in [1.54, 1.807) is 7.11 Å². The summed E-state index contributed by atoms with van der Waals surface area (Å²) < 4.78 is 11.7. The standard InChI is InChI=1S/C27H39N3O3/c1-25(2,28-24(31)29-26(3)20-30-16-12-23(26)13-17-30)27(33-19-18-32-4)14-10-22(11-15-27)21-8-6-5-7-9-21/h5-11,14,23H,12-13,15-20H2,1-4H3,(H2,28,29,31)/t26-,27?/m0/s1. The Morgan fingerprint density at radius 3 is 2.48 bits per heavy atom. The average Bonchev–Trinajstić information content (AvgIpc) is 2.80. The van der Waals surface area contributed by atoms with E-state index in [9.17, 15) is 4.79 Å². The highest BCUT2D eigenvalue weighted by atomic mass is 16.5. The lowest BCUT2D eigenvalue weighted by Crippen LogP contribution is -2.69. The number of hydrogen-bond acceptors (Lipinski definition) is 4. The molecular formula is C27H39N3O3. The second-order valence-electron chi connectivity index (χ2n) is 10.5. The number of ether oxygens (including phenoxy) is 2. The molecule has 0 saturated carbocycles. The molecule has 2 bridgehead atoms.